The summed E-state index contributed by atoms with van der Waals surface area (Å²) in [4.78, 5) is 15.1. The Labute approximate surface area is 144 Å². The van der Waals surface area contributed by atoms with Gasteiger partial charge in [0.25, 0.3) is 0 Å². The molecule has 128 valence electrons. The van der Waals surface area contributed by atoms with Crippen molar-refractivity contribution in [1.82, 2.24) is 10.2 Å². The Balaban J connectivity index is 0.00000192. The molecule has 1 N–H and O–H groups in total. The van der Waals surface area contributed by atoms with Crippen molar-refractivity contribution in [2.75, 3.05) is 32.7 Å². The molecule has 0 spiro atoms. The normalized spacial score (nSPS) is 23.3. The number of carbonyl (C=O) groups excluding carboxylic acids is 1. The summed E-state index contributed by atoms with van der Waals surface area (Å²) in [6, 6.07) is 5.98. The maximum atomic E-state index is 13.0. The summed E-state index contributed by atoms with van der Waals surface area (Å²) in [7, 11) is 0. The first-order chi connectivity index (χ1) is 10.7. The van der Waals surface area contributed by atoms with E-state index in [0.29, 0.717) is 5.56 Å². The summed E-state index contributed by atoms with van der Waals surface area (Å²) in [5.41, 5.74) is 0.648. The molecule has 1 unspecified atom stereocenters. The van der Waals surface area contributed by atoms with Crippen molar-refractivity contribution in [2.24, 2.45) is 11.8 Å². The van der Waals surface area contributed by atoms with Gasteiger partial charge in [-0.15, -0.1) is 12.4 Å². The summed E-state index contributed by atoms with van der Waals surface area (Å²) >= 11 is 0. The molecule has 0 aromatic heterocycles. The summed E-state index contributed by atoms with van der Waals surface area (Å²) in [6.45, 7) is 5.33. The van der Waals surface area contributed by atoms with Crippen molar-refractivity contribution in [3.05, 3.63) is 35.6 Å². The Hall–Kier alpha value is -0.970. The van der Waals surface area contributed by atoms with Crippen LogP contribution in [0, 0.1) is 17.7 Å². The zero-order valence-electron chi connectivity index (χ0n) is 13.5. The third-order valence-corrected chi connectivity index (χ3v) is 4.98. The largest absolute Gasteiger partial charge is 0.317 e. The number of ketones is 1. The zero-order valence-corrected chi connectivity index (χ0v) is 14.3. The van der Waals surface area contributed by atoms with Crippen molar-refractivity contribution in [2.45, 2.75) is 25.7 Å². The average molecular weight is 341 g/mol. The highest BCUT2D eigenvalue weighted by Crippen LogP contribution is 2.23. The van der Waals surface area contributed by atoms with E-state index in [1.807, 2.05) is 0 Å². The molecular weight excluding hydrogens is 315 g/mol. The minimum absolute atomic E-state index is 0. The zero-order chi connectivity index (χ0) is 15.4. The van der Waals surface area contributed by atoms with Gasteiger partial charge in [-0.05, 0) is 75.5 Å². The lowest BCUT2D eigenvalue weighted by atomic mass is 9.88. The predicted octanol–water partition coefficient (Wildman–Crippen LogP) is 3.14. The lowest BCUT2D eigenvalue weighted by Gasteiger charge is -2.35. The van der Waals surface area contributed by atoms with Gasteiger partial charge in [-0.25, -0.2) is 4.39 Å². The molecule has 2 saturated heterocycles. The van der Waals surface area contributed by atoms with Crippen molar-refractivity contribution in [3.63, 3.8) is 0 Å². The van der Waals surface area contributed by atoms with Gasteiger partial charge in [0.15, 0.2) is 5.78 Å². The number of Topliss-reactive ketones (excluding diaryl/α,β-unsaturated/α-hetero) is 1. The first-order valence-electron chi connectivity index (χ1n) is 8.45. The first kappa shape index (κ1) is 18.4. The number of hydrogen-bond donors (Lipinski definition) is 1. The third kappa shape index (κ3) is 5.00. The number of hydrogen-bond acceptors (Lipinski definition) is 3. The summed E-state index contributed by atoms with van der Waals surface area (Å²) in [6.07, 6.45) is 4.53. The first-order valence-corrected chi connectivity index (χ1v) is 8.45. The fourth-order valence-electron chi connectivity index (χ4n) is 3.71. The highest BCUT2D eigenvalue weighted by Gasteiger charge is 2.28. The van der Waals surface area contributed by atoms with Gasteiger partial charge in [-0.1, -0.05) is 0 Å². The fraction of sp³-hybridized carbons (Fsp3) is 0.611. The smallest absolute Gasteiger partial charge is 0.167 e. The maximum absolute atomic E-state index is 13.0. The highest BCUT2D eigenvalue weighted by molar-refractivity contribution is 5.98. The monoisotopic (exact) mass is 340 g/mol. The molecule has 2 fully saturated rings. The molecule has 0 saturated carbocycles. The third-order valence-electron chi connectivity index (χ3n) is 4.98. The second-order valence-electron chi connectivity index (χ2n) is 6.66. The number of nitrogens with one attached hydrogen (secondary N) is 1. The van der Waals surface area contributed by atoms with Crippen LogP contribution in [-0.4, -0.2) is 43.4 Å². The average Bonchev–Trinajstić information content (AvgIpc) is 2.56. The van der Waals surface area contributed by atoms with Crippen molar-refractivity contribution < 1.29 is 9.18 Å². The molecule has 3 rings (SSSR count). The van der Waals surface area contributed by atoms with E-state index in [2.05, 4.69) is 10.2 Å². The van der Waals surface area contributed by atoms with E-state index in [0.717, 1.165) is 51.5 Å². The van der Waals surface area contributed by atoms with E-state index in [1.54, 1.807) is 12.1 Å². The van der Waals surface area contributed by atoms with Crippen LogP contribution in [0.25, 0.3) is 0 Å². The topological polar surface area (TPSA) is 32.3 Å². The van der Waals surface area contributed by atoms with Gasteiger partial charge < -0.3 is 10.2 Å². The Morgan fingerprint density at radius 1 is 1.17 bits per heavy atom. The second kappa shape index (κ2) is 8.76. The van der Waals surface area contributed by atoms with E-state index in [4.69, 9.17) is 0 Å². The number of carbonyl (C=O) groups is 1. The van der Waals surface area contributed by atoms with Crippen LogP contribution in [0.4, 0.5) is 4.39 Å². The molecule has 0 radical (unpaired) electrons. The van der Waals surface area contributed by atoms with Crippen molar-refractivity contribution in [3.8, 4) is 0 Å². The Morgan fingerprint density at radius 2 is 1.87 bits per heavy atom. The second-order valence-corrected chi connectivity index (χ2v) is 6.66. The molecule has 2 aliphatic heterocycles. The van der Waals surface area contributed by atoms with Gasteiger partial charge in [-0.3, -0.25) is 4.79 Å². The standard InChI is InChI=1S/C18H25FN2O.ClH/c19-17-5-3-15(4-6-17)18(22)16-2-1-11-21(13-16)12-14-7-9-20-10-8-14;/h3-6,14,16,20H,1-2,7-13H2;1H. The van der Waals surface area contributed by atoms with E-state index in [-0.39, 0.29) is 29.9 Å². The molecule has 1 aromatic rings. The van der Waals surface area contributed by atoms with Gasteiger partial charge in [0.2, 0.25) is 0 Å². The SMILES string of the molecule is Cl.O=C(c1ccc(F)cc1)C1CCCN(CC2CCNCC2)C1. The molecule has 0 aliphatic carbocycles. The van der Waals surface area contributed by atoms with Gasteiger partial charge in [-0.2, -0.15) is 0 Å². The van der Waals surface area contributed by atoms with Crippen LogP contribution in [-0.2, 0) is 0 Å². The lowest BCUT2D eigenvalue weighted by molar-refractivity contribution is 0.0790. The number of likely N-dealkylation sites (tertiary alicyclic amines) is 1. The molecule has 5 heteroatoms. The predicted molar refractivity (Wildman–Crippen MR) is 92.7 cm³/mol. The molecule has 0 amide bonds. The molecule has 2 heterocycles. The molecule has 2 aliphatic rings. The fourth-order valence-corrected chi connectivity index (χ4v) is 3.71. The summed E-state index contributed by atoms with van der Waals surface area (Å²) < 4.78 is 13.0. The van der Waals surface area contributed by atoms with Crippen LogP contribution in [0.15, 0.2) is 24.3 Å². The van der Waals surface area contributed by atoms with Crippen LogP contribution in [0.3, 0.4) is 0 Å². The van der Waals surface area contributed by atoms with Crippen LogP contribution in [0.1, 0.15) is 36.0 Å². The lowest BCUT2D eigenvalue weighted by Crippen LogP contribution is -2.43. The quantitative estimate of drug-likeness (QED) is 0.855. The molecule has 1 aromatic carbocycles. The van der Waals surface area contributed by atoms with E-state index < -0.39 is 0 Å². The van der Waals surface area contributed by atoms with E-state index >= 15 is 0 Å². The molecule has 0 bridgehead atoms. The van der Waals surface area contributed by atoms with Gasteiger partial charge >= 0.3 is 0 Å². The Bertz CT molecular complexity index is 502. The molecule has 1 atom stereocenters. The van der Waals surface area contributed by atoms with Crippen LogP contribution >= 0.6 is 12.4 Å². The minimum Gasteiger partial charge on any atom is -0.317 e. The van der Waals surface area contributed by atoms with Gasteiger partial charge in [0.05, 0.1) is 0 Å². The molecular formula is C18H26ClFN2O. The Kier molecular flexibility index (Phi) is 7.00. The van der Waals surface area contributed by atoms with Crippen LogP contribution in [0.2, 0.25) is 0 Å². The number of halogens is 2. The molecule has 3 nitrogen and oxygen atoms in total. The van der Waals surface area contributed by atoms with E-state index in [1.165, 1.54) is 25.0 Å². The van der Waals surface area contributed by atoms with Crippen molar-refractivity contribution in [1.29, 1.82) is 0 Å². The maximum Gasteiger partial charge on any atom is 0.167 e. The minimum atomic E-state index is -0.285. The number of rotatable bonds is 4. The summed E-state index contributed by atoms with van der Waals surface area (Å²) in [5, 5.41) is 3.40. The number of nitrogens with zero attached hydrogens (tertiary/aromatic N) is 1. The highest BCUT2D eigenvalue weighted by atomic mass is 35.5. The van der Waals surface area contributed by atoms with Gasteiger partial charge in [0.1, 0.15) is 5.82 Å². The summed E-state index contributed by atoms with van der Waals surface area (Å²) in [5.74, 6) is 0.726. The number of piperidine rings is 2. The molecule has 23 heavy (non-hydrogen) atoms. The Morgan fingerprint density at radius 3 is 2.57 bits per heavy atom. The number of benzene rings is 1. The van der Waals surface area contributed by atoms with Gasteiger partial charge in [0, 0.05) is 24.6 Å². The van der Waals surface area contributed by atoms with Crippen LogP contribution in [0.5, 0.6) is 0 Å². The van der Waals surface area contributed by atoms with Crippen LogP contribution < -0.4 is 5.32 Å². The van der Waals surface area contributed by atoms with E-state index in [9.17, 15) is 9.18 Å². The van der Waals surface area contributed by atoms with Crippen molar-refractivity contribution >= 4 is 18.2 Å².